The van der Waals surface area contributed by atoms with Gasteiger partial charge in [-0.1, -0.05) is 41.5 Å². The summed E-state index contributed by atoms with van der Waals surface area (Å²) < 4.78 is 5.47. The highest BCUT2D eigenvalue weighted by Crippen LogP contribution is 2.33. The van der Waals surface area contributed by atoms with Crippen molar-refractivity contribution in [2.75, 3.05) is 46.4 Å². The molecule has 3 amide bonds. The highest BCUT2D eigenvalue weighted by Gasteiger charge is 2.38. The van der Waals surface area contributed by atoms with Crippen LogP contribution in [0.2, 0.25) is 0 Å². The smallest absolute Gasteiger partial charge is 0.338 e. The lowest BCUT2D eigenvalue weighted by molar-refractivity contribution is -0.139. The van der Waals surface area contributed by atoms with Gasteiger partial charge in [-0.2, -0.15) is 0 Å². The summed E-state index contributed by atoms with van der Waals surface area (Å²) in [5, 5.41) is 3.01. The molecular formula is C29H36N4O4. The lowest BCUT2D eigenvalue weighted by Gasteiger charge is -2.39. The van der Waals surface area contributed by atoms with E-state index >= 15 is 0 Å². The Morgan fingerprint density at radius 3 is 2.27 bits per heavy atom. The topological polar surface area (TPSA) is 82.2 Å². The minimum atomic E-state index is -0.595. The number of aryl methyl sites for hydroxylation is 3. The number of carbonyl (C=O) groups excluding carboxylic acids is 3. The summed E-state index contributed by atoms with van der Waals surface area (Å²) in [5.41, 5.74) is 5.81. The average Bonchev–Trinajstić information content (AvgIpc) is 2.88. The van der Waals surface area contributed by atoms with Crippen molar-refractivity contribution in [3.8, 4) is 0 Å². The number of nitrogens with one attached hydrogen (secondary N) is 1. The normalized spacial score (nSPS) is 18.6. The highest BCUT2D eigenvalue weighted by molar-refractivity contribution is 5.95. The molecule has 0 aliphatic carbocycles. The van der Waals surface area contributed by atoms with E-state index in [-0.39, 0.29) is 18.5 Å². The van der Waals surface area contributed by atoms with Gasteiger partial charge < -0.3 is 15.0 Å². The highest BCUT2D eigenvalue weighted by atomic mass is 16.5. The van der Waals surface area contributed by atoms with E-state index < -0.39 is 12.0 Å². The molecule has 0 saturated carbocycles. The molecule has 2 aromatic carbocycles. The van der Waals surface area contributed by atoms with E-state index in [1.54, 1.807) is 14.0 Å². The Balaban J connectivity index is 1.59. The molecule has 2 aliphatic heterocycles. The fraction of sp³-hybridized carbons (Fsp3) is 0.414. The van der Waals surface area contributed by atoms with Gasteiger partial charge in [0.1, 0.15) is 0 Å². The Labute approximate surface area is 218 Å². The summed E-state index contributed by atoms with van der Waals surface area (Å²) in [6.45, 7) is 10.8. The fourth-order valence-electron chi connectivity index (χ4n) is 4.90. The average molecular weight is 505 g/mol. The number of urea groups is 1. The van der Waals surface area contributed by atoms with Gasteiger partial charge >= 0.3 is 12.0 Å². The van der Waals surface area contributed by atoms with Crippen molar-refractivity contribution in [1.82, 2.24) is 20.0 Å². The predicted molar refractivity (Wildman–Crippen MR) is 142 cm³/mol. The standard InChI is InChI=1S/C29H36N4O4/c1-6-37-28(35)25-24(31(5)29(36)30-26(25)23-17-20(3)7-10-21(23)4)18-32-13-15-33(16-14-32)27(34)22-11-8-19(2)9-12-22/h7-12,17,26H,6,13-16,18H2,1-5H3,(H,30,36). The van der Waals surface area contributed by atoms with Crippen molar-refractivity contribution in [3.05, 3.63) is 81.6 Å². The van der Waals surface area contributed by atoms with E-state index in [2.05, 4.69) is 10.2 Å². The van der Waals surface area contributed by atoms with Crippen LogP contribution in [-0.2, 0) is 9.53 Å². The van der Waals surface area contributed by atoms with Crippen molar-refractivity contribution < 1.29 is 19.1 Å². The number of hydrogen-bond donors (Lipinski definition) is 1. The van der Waals surface area contributed by atoms with Gasteiger partial charge in [0.05, 0.1) is 18.2 Å². The molecule has 2 heterocycles. The van der Waals surface area contributed by atoms with Crippen LogP contribution >= 0.6 is 0 Å². The number of rotatable bonds is 6. The third kappa shape index (κ3) is 5.69. The zero-order valence-corrected chi connectivity index (χ0v) is 22.3. The second-order valence-electron chi connectivity index (χ2n) is 9.82. The van der Waals surface area contributed by atoms with Crippen LogP contribution in [-0.4, -0.2) is 79.0 Å². The molecule has 0 radical (unpaired) electrons. The number of piperazine rings is 1. The summed E-state index contributed by atoms with van der Waals surface area (Å²) in [6, 6.07) is 12.8. The number of hydrogen-bond acceptors (Lipinski definition) is 5. The molecule has 1 atom stereocenters. The van der Waals surface area contributed by atoms with Crippen molar-refractivity contribution in [2.45, 2.75) is 33.7 Å². The van der Waals surface area contributed by atoms with E-state index in [0.29, 0.717) is 49.6 Å². The Morgan fingerprint density at radius 1 is 0.973 bits per heavy atom. The van der Waals surface area contributed by atoms with Crippen LogP contribution in [0.5, 0.6) is 0 Å². The molecule has 1 saturated heterocycles. The molecule has 8 nitrogen and oxygen atoms in total. The molecule has 0 aromatic heterocycles. The minimum Gasteiger partial charge on any atom is -0.463 e. The van der Waals surface area contributed by atoms with E-state index in [0.717, 1.165) is 22.3 Å². The molecule has 2 aliphatic rings. The lowest BCUT2D eigenvalue weighted by Crippen LogP contribution is -2.53. The maximum Gasteiger partial charge on any atom is 0.338 e. The first-order valence-corrected chi connectivity index (χ1v) is 12.8. The van der Waals surface area contributed by atoms with Crippen molar-refractivity contribution in [2.24, 2.45) is 0 Å². The lowest BCUT2D eigenvalue weighted by atomic mass is 9.90. The monoisotopic (exact) mass is 504 g/mol. The van der Waals surface area contributed by atoms with Crippen LogP contribution in [0.15, 0.2) is 53.7 Å². The van der Waals surface area contributed by atoms with Crippen molar-refractivity contribution in [3.63, 3.8) is 0 Å². The van der Waals surface area contributed by atoms with E-state index in [1.165, 1.54) is 4.90 Å². The molecule has 1 unspecified atom stereocenters. The van der Waals surface area contributed by atoms with Gasteiger partial charge in [0.15, 0.2) is 0 Å². The maximum atomic E-state index is 13.3. The Kier molecular flexibility index (Phi) is 7.97. The molecule has 8 heteroatoms. The van der Waals surface area contributed by atoms with Crippen LogP contribution in [0.25, 0.3) is 0 Å². The molecule has 1 N–H and O–H groups in total. The third-order valence-electron chi connectivity index (χ3n) is 7.15. The van der Waals surface area contributed by atoms with E-state index in [4.69, 9.17) is 4.74 Å². The second-order valence-corrected chi connectivity index (χ2v) is 9.82. The Morgan fingerprint density at radius 2 is 1.62 bits per heavy atom. The zero-order valence-electron chi connectivity index (χ0n) is 22.3. The van der Waals surface area contributed by atoms with Crippen LogP contribution in [0.1, 0.15) is 45.6 Å². The van der Waals surface area contributed by atoms with Crippen LogP contribution < -0.4 is 5.32 Å². The number of likely N-dealkylation sites (N-methyl/N-ethyl adjacent to an activating group) is 1. The number of benzene rings is 2. The Bertz CT molecular complexity index is 1210. The molecule has 37 heavy (non-hydrogen) atoms. The number of ether oxygens (including phenoxy) is 1. The van der Waals surface area contributed by atoms with E-state index in [9.17, 15) is 14.4 Å². The fourth-order valence-corrected chi connectivity index (χ4v) is 4.90. The second kappa shape index (κ2) is 11.2. The van der Waals surface area contributed by atoms with Gasteiger partial charge in [0.25, 0.3) is 5.91 Å². The first-order chi connectivity index (χ1) is 17.7. The van der Waals surface area contributed by atoms with Gasteiger partial charge in [-0.05, 0) is 51.0 Å². The first kappa shape index (κ1) is 26.4. The van der Waals surface area contributed by atoms with Gasteiger partial charge in [-0.15, -0.1) is 0 Å². The molecule has 4 rings (SSSR count). The molecule has 196 valence electrons. The molecule has 1 fully saturated rings. The van der Waals surface area contributed by atoms with E-state index in [1.807, 2.05) is 68.1 Å². The van der Waals surface area contributed by atoms with Crippen molar-refractivity contribution in [1.29, 1.82) is 0 Å². The Hall–Kier alpha value is -3.65. The first-order valence-electron chi connectivity index (χ1n) is 12.8. The summed E-state index contributed by atoms with van der Waals surface area (Å²) >= 11 is 0. The quantitative estimate of drug-likeness (QED) is 0.608. The number of nitrogens with zero attached hydrogens (tertiary/aromatic N) is 3. The van der Waals surface area contributed by atoms with Crippen LogP contribution in [0.3, 0.4) is 0 Å². The molecule has 0 bridgehead atoms. The van der Waals surface area contributed by atoms with Gasteiger partial charge in [-0.3, -0.25) is 14.6 Å². The molecule has 0 spiro atoms. The van der Waals surface area contributed by atoms with Gasteiger partial charge in [0, 0.05) is 51.0 Å². The summed E-state index contributed by atoms with van der Waals surface area (Å²) in [6.07, 6.45) is 0. The molecular weight excluding hydrogens is 468 g/mol. The van der Waals surface area contributed by atoms with Crippen molar-refractivity contribution >= 4 is 17.9 Å². The van der Waals surface area contributed by atoms with Crippen LogP contribution in [0, 0.1) is 20.8 Å². The summed E-state index contributed by atoms with van der Waals surface area (Å²) in [4.78, 5) is 44.8. The number of esters is 1. The third-order valence-corrected chi connectivity index (χ3v) is 7.15. The summed E-state index contributed by atoms with van der Waals surface area (Å²) in [5.74, 6) is -0.404. The van der Waals surface area contributed by atoms with Gasteiger partial charge in [0.2, 0.25) is 0 Å². The SMILES string of the molecule is CCOC(=O)C1=C(CN2CCN(C(=O)c3ccc(C)cc3)CC2)N(C)C(=O)NC1c1cc(C)ccc1C. The zero-order chi connectivity index (χ0) is 26.7. The molecule has 2 aromatic rings. The largest absolute Gasteiger partial charge is 0.463 e. The minimum absolute atomic E-state index is 0.0234. The van der Waals surface area contributed by atoms with Crippen LogP contribution in [0.4, 0.5) is 4.79 Å². The number of amides is 3. The predicted octanol–water partition coefficient (Wildman–Crippen LogP) is 3.58. The summed E-state index contributed by atoms with van der Waals surface area (Å²) in [7, 11) is 1.68. The maximum absolute atomic E-state index is 13.3. The number of carbonyl (C=O) groups is 3. The van der Waals surface area contributed by atoms with Gasteiger partial charge in [-0.25, -0.2) is 9.59 Å².